The maximum Gasteiger partial charge on any atom is 0.343 e. The topological polar surface area (TPSA) is 94.1 Å². The van der Waals surface area contributed by atoms with E-state index in [1.165, 1.54) is 18.4 Å². The van der Waals surface area contributed by atoms with Crippen LogP contribution in [0.25, 0.3) is 6.08 Å². The summed E-state index contributed by atoms with van der Waals surface area (Å²) in [7, 11) is 0. The van der Waals surface area contributed by atoms with Gasteiger partial charge in [0.15, 0.2) is 0 Å². The van der Waals surface area contributed by atoms with Crippen LogP contribution in [0.5, 0.6) is 11.5 Å². The van der Waals surface area contributed by atoms with Gasteiger partial charge in [-0.05, 0) is 67.6 Å². The summed E-state index contributed by atoms with van der Waals surface area (Å²) >= 11 is 5.84. The fourth-order valence-corrected chi connectivity index (χ4v) is 3.49. The van der Waals surface area contributed by atoms with Gasteiger partial charge in [-0.1, -0.05) is 59.6 Å². The Labute approximate surface area is 230 Å². The number of aryl methyl sites for hydroxylation is 1. The molecule has 0 heterocycles. The number of nitrogens with one attached hydrogen (secondary N) is 1. The molecule has 194 valence electrons. The lowest BCUT2D eigenvalue weighted by molar-refractivity contribution is -0.128. The lowest BCUT2D eigenvalue weighted by Gasteiger charge is -2.08. The van der Waals surface area contributed by atoms with E-state index in [2.05, 4.69) is 10.5 Å². The molecule has 0 saturated carbocycles. The van der Waals surface area contributed by atoms with Crippen LogP contribution in [0.3, 0.4) is 0 Å². The number of hydrogen-bond acceptors (Lipinski definition) is 6. The molecule has 0 aliphatic heterocycles. The number of para-hydroxylation sites is 2. The van der Waals surface area contributed by atoms with Crippen LogP contribution in [0, 0.1) is 6.92 Å². The van der Waals surface area contributed by atoms with Gasteiger partial charge in [-0.3, -0.25) is 4.79 Å². The van der Waals surface area contributed by atoms with Crippen LogP contribution in [-0.2, 0) is 4.79 Å². The Morgan fingerprint density at radius 3 is 2.03 bits per heavy atom. The van der Waals surface area contributed by atoms with Crippen molar-refractivity contribution in [3.05, 3.63) is 136 Å². The number of carbonyl (C=O) groups is 3. The van der Waals surface area contributed by atoms with Crippen molar-refractivity contribution >= 4 is 41.7 Å². The summed E-state index contributed by atoms with van der Waals surface area (Å²) in [6, 6.07) is 27.0. The summed E-state index contributed by atoms with van der Waals surface area (Å²) < 4.78 is 11.0. The second-order valence-corrected chi connectivity index (χ2v) is 8.73. The Hall–Kier alpha value is -5.01. The molecule has 0 radical (unpaired) electrons. The molecule has 1 amide bonds. The van der Waals surface area contributed by atoms with Gasteiger partial charge in [0.2, 0.25) is 0 Å². The van der Waals surface area contributed by atoms with Crippen molar-refractivity contribution in [3.63, 3.8) is 0 Å². The lowest BCUT2D eigenvalue weighted by atomic mass is 10.1. The van der Waals surface area contributed by atoms with E-state index in [0.717, 1.165) is 5.56 Å². The van der Waals surface area contributed by atoms with E-state index in [9.17, 15) is 14.4 Å². The van der Waals surface area contributed by atoms with Gasteiger partial charge in [0, 0.05) is 27.8 Å². The van der Waals surface area contributed by atoms with Crippen molar-refractivity contribution in [2.75, 3.05) is 0 Å². The summed E-state index contributed by atoms with van der Waals surface area (Å²) in [5.74, 6) is -1.02. The standard InChI is InChI=1S/C31H23ClN2O5/c1-21-10-12-24(13-11-21)31(37)39-27-8-4-2-6-22(27)16-19-29(35)38-28-9-5-3-7-25(28)20-33-34-30(36)23-14-17-26(32)18-15-23/h2-20H,1H3,(H,34,36)/b19-16+,33-20+. The van der Waals surface area contributed by atoms with E-state index in [1.54, 1.807) is 84.9 Å². The fourth-order valence-electron chi connectivity index (χ4n) is 3.37. The Balaban J connectivity index is 1.40. The number of carbonyl (C=O) groups excluding carboxylic acids is 3. The molecule has 4 aromatic rings. The second kappa shape index (κ2) is 13.0. The van der Waals surface area contributed by atoms with Crippen LogP contribution in [-0.4, -0.2) is 24.1 Å². The Morgan fingerprint density at radius 1 is 0.744 bits per heavy atom. The molecule has 4 aromatic carbocycles. The first-order valence-electron chi connectivity index (χ1n) is 11.8. The zero-order valence-corrected chi connectivity index (χ0v) is 21.6. The highest BCUT2D eigenvalue weighted by Gasteiger charge is 2.11. The van der Waals surface area contributed by atoms with E-state index < -0.39 is 17.8 Å². The first kappa shape index (κ1) is 27.0. The third kappa shape index (κ3) is 7.74. The molecule has 4 rings (SSSR count). The fraction of sp³-hybridized carbons (Fsp3) is 0.0323. The average molecular weight is 539 g/mol. The minimum absolute atomic E-state index is 0.246. The highest BCUT2D eigenvalue weighted by Crippen LogP contribution is 2.22. The molecule has 0 bridgehead atoms. The Kier molecular flexibility index (Phi) is 9.00. The lowest BCUT2D eigenvalue weighted by Crippen LogP contribution is -2.17. The minimum Gasteiger partial charge on any atom is -0.423 e. The van der Waals surface area contributed by atoms with Gasteiger partial charge < -0.3 is 9.47 Å². The Morgan fingerprint density at radius 2 is 1.33 bits per heavy atom. The second-order valence-electron chi connectivity index (χ2n) is 8.29. The zero-order valence-electron chi connectivity index (χ0n) is 20.8. The van der Waals surface area contributed by atoms with E-state index in [-0.39, 0.29) is 5.75 Å². The molecule has 7 nitrogen and oxygen atoms in total. The van der Waals surface area contributed by atoms with Crippen LogP contribution in [0.4, 0.5) is 0 Å². The molecule has 39 heavy (non-hydrogen) atoms. The van der Waals surface area contributed by atoms with E-state index in [4.69, 9.17) is 21.1 Å². The third-order valence-corrected chi connectivity index (χ3v) is 5.67. The largest absolute Gasteiger partial charge is 0.423 e. The molecular formula is C31H23ClN2O5. The summed E-state index contributed by atoms with van der Waals surface area (Å²) in [6.07, 6.45) is 4.11. The predicted molar refractivity (Wildman–Crippen MR) is 150 cm³/mol. The van der Waals surface area contributed by atoms with Crippen molar-refractivity contribution in [1.82, 2.24) is 5.43 Å². The summed E-state index contributed by atoms with van der Waals surface area (Å²) in [5.41, 5.74) is 5.26. The normalized spacial score (nSPS) is 10.9. The SMILES string of the molecule is Cc1ccc(C(=O)Oc2ccccc2/C=C/C(=O)Oc2ccccc2/C=N/NC(=O)c2ccc(Cl)cc2)cc1. The minimum atomic E-state index is -0.652. The summed E-state index contributed by atoms with van der Waals surface area (Å²) in [4.78, 5) is 37.3. The number of amides is 1. The van der Waals surface area contributed by atoms with Crippen LogP contribution >= 0.6 is 11.6 Å². The molecule has 0 unspecified atom stereocenters. The van der Waals surface area contributed by atoms with Crippen molar-refractivity contribution in [2.24, 2.45) is 5.10 Å². The monoisotopic (exact) mass is 538 g/mol. The number of ether oxygens (including phenoxy) is 2. The van der Waals surface area contributed by atoms with Gasteiger partial charge in [0.1, 0.15) is 11.5 Å². The van der Waals surface area contributed by atoms with Crippen LogP contribution < -0.4 is 14.9 Å². The highest BCUT2D eigenvalue weighted by atomic mass is 35.5. The zero-order chi connectivity index (χ0) is 27.6. The highest BCUT2D eigenvalue weighted by molar-refractivity contribution is 6.30. The molecule has 0 aliphatic carbocycles. The molecular weight excluding hydrogens is 516 g/mol. The van der Waals surface area contributed by atoms with E-state index >= 15 is 0 Å². The molecule has 0 spiro atoms. The molecule has 0 saturated heterocycles. The quantitative estimate of drug-likeness (QED) is 0.0940. The van der Waals surface area contributed by atoms with Crippen LogP contribution in [0.2, 0.25) is 5.02 Å². The number of nitrogens with zero attached hydrogens (tertiary/aromatic N) is 1. The number of hydrogen-bond donors (Lipinski definition) is 1. The molecule has 0 atom stereocenters. The number of esters is 2. The van der Waals surface area contributed by atoms with Gasteiger partial charge in [-0.15, -0.1) is 0 Å². The first-order chi connectivity index (χ1) is 18.9. The van der Waals surface area contributed by atoms with Gasteiger partial charge >= 0.3 is 11.9 Å². The van der Waals surface area contributed by atoms with E-state index in [0.29, 0.717) is 33.0 Å². The maximum absolute atomic E-state index is 12.6. The smallest absolute Gasteiger partial charge is 0.343 e. The molecule has 1 N–H and O–H groups in total. The summed E-state index contributed by atoms with van der Waals surface area (Å²) in [6.45, 7) is 1.93. The predicted octanol–water partition coefficient (Wildman–Crippen LogP) is 6.25. The van der Waals surface area contributed by atoms with Crippen LogP contribution in [0.1, 0.15) is 37.4 Å². The van der Waals surface area contributed by atoms with Gasteiger partial charge in [-0.2, -0.15) is 5.10 Å². The van der Waals surface area contributed by atoms with Crippen molar-refractivity contribution in [1.29, 1.82) is 0 Å². The Bertz CT molecular complexity index is 1540. The molecule has 0 aromatic heterocycles. The van der Waals surface area contributed by atoms with Crippen molar-refractivity contribution in [2.45, 2.75) is 6.92 Å². The average Bonchev–Trinajstić information content (AvgIpc) is 2.94. The maximum atomic E-state index is 12.6. The molecule has 0 aliphatic rings. The number of benzene rings is 4. The van der Waals surface area contributed by atoms with Crippen molar-refractivity contribution < 1.29 is 23.9 Å². The molecule has 0 fully saturated rings. The van der Waals surface area contributed by atoms with Gasteiger partial charge in [0.05, 0.1) is 11.8 Å². The summed E-state index contributed by atoms with van der Waals surface area (Å²) in [5, 5.41) is 4.48. The number of hydrazone groups is 1. The third-order valence-electron chi connectivity index (χ3n) is 5.41. The molecule has 8 heteroatoms. The van der Waals surface area contributed by atoms with Crippen LogP contribution in [0.15, 0.2) is 108 Å². The first-order valence-corrected chi connectivity index (χ1v) is 12.2. The number of halogens is 1. The van der Waals surface area contributed by atoms with Crippen molar-refractivity contribution in [3.8, 4) is 11.5 Å². The van der Waals surface area contributed by atoms with Gasteiger partial charge in [-0.25, -0.2) is 15.0 Å². The van der Waals surface area contributed by atoms with Gasteiger partial charge in [0.25, 0.3) is 5.91 Å². The number of rotatable bonds is 8. The van der Waals surface area contributed by atoms with E-state index in [1.807, 2.05) is 19.1 Å².